The number of hydrogen-bond donors (Lipinski definition) is 1. The van der Waals surface area contributed by atoms with Gasteiger partial charge in [-0.25, -0.2) is 13.1 Å². The quantitative estimate of drug-likeness (QED) is 0.663. The van der Waals surface area contributed by atoms with Crippen molar-refractivity contribution in [1.29, 1.82) is 0 Å². The number of nitrogens with zero attached hydrogens (tertiary/aromatic N) is 2. The highest BCUT2D eigenvalue weighted by Crippen LogP contribution is 2.16. The third-order valence-electron chi connectivity index (χ3n) is 4.32. The molecule has 28 heavy (non-hydrogen) atoms. The van der Waals surface area contributed by atoms with E-state index in [0.717, 1.165) is 16.8 Å². The van der Waals surface area contributed by atoms with Crippen molar-refractivity contribution in [1.82, 2.24) is 9.78 Å². The molecular formula is C21H23N3O3S. The molecule has 0 radical (unpaired) electrons. The van der Waals surface area contributed by atoms with Crippen LogP contribution in [0.15, 0.2) is 65.6 Å². The third-order valence-corrected chi connectivity index (χ3v) is 6.05. The van der Waals surface area contributed by atoms with Crippen LogP contribution in [0.2, 0.25) is 0 Å². The summed E-state index contributed by atoms with van der Waals surface area (Å²) in [5, 5.41) is 7.19. The molecule has 1 N–H and O–H groups in total. The first-order valence-electron chi connectivity index (χ1n) is 9.01. The molecule has 0 aliphatic heterocycles. The Balaban J connectivity index is 1.64. The Morgan fingerprint density at radius 2 is 1.71 bits per heavy atom. The highest BCUT2D eigenvalue weighted by Gasteiger charge is 2.17. The number of aryl methyl sites for hydroxylation is 2. The van der Waals surface area contributed by atoms with Crippen LogP contribution in [-0.4, -0.2) is 29.9 Å². The molecule has 0 bridgehead atoms. The van der Waals surface area contributed by atoms with Crippen molar-refractivity contribution < 1.29 is 13.2 Å². The second-order valence-corrected chi connectivity index (χ2v) is 8.85. The number of benzene rings is 2. The minimum absolute atomic E-state index is 0.119. The standard InChI is InChI=1S/C21H23N3O3S/c1-16-8-10-19(11-9-16)28(26,27)13-12-21(25)22-20-14-17(2)23-24(20)15-18-6-4-3-5-7-18/h3-11,14H,12-13,15H2,1-2H3,(H,22,25). The van der Waals surface area contributed by atoms with Gasteiger partial charge in [-0.15, -0.1) is 0 Å². The van der Waals surface area contributed by atoms with Crippen LogP contribution in [0.5, 0.6) is 0 Å². The summed E-state index contributed by atoms with van der Waals surface area (Å²) in [4.78, 5) is 12.6. The lowest BCUT2D eigenvalue weighted by Gasteiger charge is -2.09. The third kappa shape index (κ3) is 5.07. The summed E-state index contributed by atoms with van der Waals surface area (Å²) >= 11 is 0. The van der Waals surface area contributed by atoms with Gasteiger partial charge in [-0.3, -0.25) is 4.79 Å². The molecule has 0 fully saturated rings. The average molecular weight is 398 g/mol. The lowest BCUT2D eigenvalue weighted by Crippen LogP contribution is -2.19. The largest absolute Gasteiger partial charge is 0.311 e. The fraction of sp³-hybridized carbons (Fsp3) is 0.238. The molecule has 0 atom stereocenters. The van der Waals surface area contributed by atoms with E-state index >= 15 is 0 Å². The molecule has 1 heterocycles. The van der Waals surface area contributed by atoms with Crippen molar-refractivity contribution in [3.63, 3.8) is 0 Å². The summed E-state index contributed by atoms with van der Waals surface area (Å²) < 4.78 is 26.5. The van der Waals surface area contributed by atoms with Gasteiger partial charge in [0.15, 0.2) is 9.84 Å². The number of aromatic nitrogens is 2. The van der Waals surface area contributed by atoms with E-state index in [0.29, 0.717) is 12.4 Å². The first kappa shape index (κ1) is 19.8. The van der Waals surface area contributed by atoms with Crippen LogP contribution < -0.4 is 5.32 Å². The highest BCUT2D eigenvalue weighted by molar-refractivity contribution is 7.91. The first-order chi connectivity index (χ1) is 13.3. The number of anilines is 1. The first-order valence-corrected chi connectivity index (χ1v) is 10.7. The van der Waals surface area contributed by atoms with Gasteiger partial charge in [0.2, 0.25) is 5.91 Å². The van der Waals surface area contributed by atoms with E-state index in [-0.39, 0.29) is 23.0 Å². The normalized spacial score (nSPS) is 11.4. The SMILES string of the molecule is Cc1ccc(S(=O)(=O)CCC(=O)Nc2cc(C)nn2Cc2ccccc2)cc1. The van der Waals surface area contributed by atoms with Crippen LogP contribution in [0.1, 0.15) is 23.2 Å². The van der Waals surface area contributed by atoms with E-state index in [1.807, 2.05) is 44.2 Å². The maximum absolute atomic E-state index is 12.4. The lowest BCUT2D eigenvalue weighted by molar-refractivity contribution is -0.115. The molecule has 0 saturated carbocycles. The van der Waals surface area contributed by atoms with Crippen molar-refractivity contribution in [2.75, 3.05) is 11.1 Å². The molecule has 0 aliphatic rings. The molecule has 0 saturated heterocycles. The molecule has 3 rings (SSSR count). The van der Waals surface area contributed by atoms with Gasteiger partial charge in [0, 0.05) is 12.5 Å². The van der Waals surface area contributed by atoms with Crippen LogP contribution >= 0.6 is 0 Å². The molecule has 2 aromatic carbocycles. The number of carbonyl (C=O) groups excluding carboxylic acids is 1. The Hall–Kier alpha value is -2.93. The Morgan fingerprint density at radius 3 is 2.39 bits per heavy atom. The maximum atomic E-state index is 12.4. The molecule has 146 valence electrons. The molecule has 1 amide bonds. The molecule has 0 unspecified atom stereocenters. The minimum Gasteiger partial charge on any atom is -0.311 e. The highest BCUT2D eigenvalue weighted by atomic mass is 32.2. The predicted octanol–water partition coefficient (Wildman–Crippen LogP) is 3.35. The van der Waals surface area contributed by atoms with Crippen molar-refractivity contribution in [3.8, 4) is 0 Å². The summed E-state index contributed by atoms with van der Waals surface area (Å²) in [7, 11) is -3.50. The van der Waals surface area contributed by atoms with Gasteiger partial charge in [0.1, 0.15) is 5.82 Å². The van der Waals surface area contributed by atoms with E-state index in [9.17, 15) is 13.2 Å². The average Bonchev–Trinajstić information content (AvgIpc) is 3.00. The molecule has 3 aromatic rings. The second kappa shape index (κ2) is 8.39. The minimum atomic E-state index is -3.50. The summed E-state index contributed by atoms with van der Waals surface area (Å²) in [6.07, 6.45) is -0.119. The summed E-state index contributed by atoms with van der Waals surface area (Å²) in [5.41, 5.74) is 2.82. The van der Waals surface area contributed by atoms with Crippen molar-refractivity contribution in [2.45, 2.75) is 31.7 Å². The van der Waals surface area contributed by atoms with E-state index < -0.39 is 9.84 Å². The number of nitrogens with one attached hydrogen (secondary N) is 1. The topological polar surface area (TPSA) is 81.1 Å². The van der Waals surface area contributed by atoms with Crippen LogP contribution in [0.4, 0.5) is 5.82 Å². The van der Waals surface area contributed by atoms with Gasteiger partial charge in [0.25, 0.3) is 0 Å². The zero-order valence-corrected chi connectivity index (χ0v) is 16.7. The number of amides is 1. The molecule has 0 spiro atoms. The maximum Gasteiger partial charge on any atom is 0.226 e. The molecule has 6 nitrogen and oxygen atoms in total. The van der Waals surface area contributed by atoms with Crippen LogP contribution in [0.25, 0.3) is 0 Å². The predicted molar refractivity (Wildman–Crippen MR) is 109 cm³/mol. The van der Waals surface area contributed by atoms with Gasteiger partial charge in [-0.2, -0.15) is 5.10 Å². The molecule has 0 aliphatic carbocycles. The Labute approximate surface area is 165 Å². The Kier molecular flexibility index (Phi) is 5.94. The summed E-state index contributed by atoms with van der Waals surface area (Å²) in [6, 6.07) is 18.2. The summed E-state index contributed by atoms with van der Waals surface area (Å²) in [5.74, 6) is -0.0442. The van der Waals surface area contributed by atoms with Crippen LogP contribution in [-0.2, 0) is 21.2 Å². The van der Waals surface area contributed by atoms with Gasteiger partial charge in [-0.05, 0) is 31.5 Å². The lowest BCUT2D eigenvalue weighted by atomic mass is 10.2. The number of hydrogen-bond acceptors (Lipinski definition) is 4. The van der Waals surface area contributed by atoms with E-state index in [1.54, 1.807) is 35.0 Å². The number of carbonyl (C=O) groups is 1. The van der Waals surface area contributed by atoms with E-state index in [1.165, 1.54) is 0 Å². The van der Waals surface area contributed by atoms with E-state index in [2.05, 4.69) is 10.4 Å². The monoisotopic (exact) mass is 397 g/mol. The van der Waals surface area contributed by atoms with Gasteiger partial charge in [-0.1, -0.05) is 48.0 Å². The zero-order valence-electron chi connectivity index (χ0n) is 15.9. The van der Waals surface area contributed by atoms with Gasteiger partial charge in [0.05, 0.1) is 22.9 Å². The molecule has 1 aromatic heterocycles. The van der Waals surface area contributed by atoms with Crippen LogP contribution in [0, 0.1) is 13.8 Å². The number of sulfone groups is 1. The second-order valence-electron chi connectivity index (χ2n) is 6.74. The van der Waals surface area contributed by atoms with Gasteiger partial charge < -0.3 is 5.32 Å². The van der Waals surface area contributed by atoms with Crippen LogP contribution in [0.3, 0.4) is 0 Å². The Bertz CT molecular complexity index is 1060. The van der Waals surface area contributed by atoms with Gasteiger partial charge >= 0.3 is 0 Å². The van der Waals surface area contributed by atoms with Crippen molar-refractivity contribution in [2.24, 2.45) is 0 Å². The smallest absolute Gasteiger partial charge is 0.226 e. The Morgan fingerprint density at radius 1 is 1.04 bits per heavy atom. The zero-order chi connectivity index (χ0) is 20.1. The fourth-order valence-electron chi connectivity index (χ4n) is 2.82. The fourth-order valence-corrected chi connectivity index (χ4v) is 4.06. The van der Waals surface area contributed by atoms with Crippen molar-refractivity contribution >= 4 is 21.6 Å². The molecule has 7 heteroatoms. The number of rotatable bonds is 7. The van der Waals surface area contributed by atoms with E-state index in [4.69, 9.17) is 0 Å². The molecular weight excluding hydrogens is 374 g/mol. The van der Waals surface area contributed by atoms with Crippen molar-refractivity contribution in [3.05, 3.63) is 77.5 Å². The summed E-state index contributed by atoms with van der Waals surface area (Å²) in [6.45, 7) is 4.26.